The summed E-state index contributed by atoms with van der Waals surface area (Å²) in [7, 11) is 4.28. The minimum absolute atomic E-state index is 0.107. The second-order valence-electron chi connectivity index (χ2n) is 6.39. The Hall–Kier alpha value is -3.55. The first-order valence-electron chi connectivity index (χ1n) is 8.85. The molecule has 0 aromatic heterocycles. The lowest BCUT2D eigenvalue weighted by Gasteiger charge is -2.15. The normalized spacial score (nSPS) is 14.6. The third-order valence-electron chi connectivity index (χ3n) is 4.75. The molecular formula is C21H21NO7. The molecule has 8 nitrogen and oxygen atoms in total. The van der Waals surface area contributed by atoms with Crippen molar-refractivity contribution in [2.24, 2.45) is 0 Å². The minimum Gasteiger partial charge on any atom is -0.493 e. The van der Waals surface area contributed by atoms with Crippen LogP contribution in [0.5, 0.6) is 17.2 Å². The van der Waals surface area contributed by atoms with Gasteiger partial charge in [0.1, 0.15) is 5.56 Å². The first-order valence-corrected chi connectivity index (χ1v) is 8.85. The highest BCUT2D eigenvalue weighted by Gasteiger charge is 2.27. The molecule has 1 aliphatic heterocycles. The number of carbonyl (C=O) groups is 3. The van der Waals surface area contributed by atoms with Gasteiger partial charge in [-0.3, -0.25) is 9.59 Å². The molecule has 0 saturated carbocycles. The Morgan fingerprint density at radius 2 is 1.72 bits per heavy atom. The Labute approximate surface area is 167 Å². The van der Waals surface area contributed by atoms with E-state index in [1.165, 1.54) is 27.4 Å². The molecule has 1 atom stereocenters. The van der Waals surface area contributed by atoms with E-state index >= 15 is 0 Å². The lowest BCUT2D eigenvalue weighted by atomic mass is 9.99. The Morgan fingerprint density at radius 3 is 2.38 bits per heavy atom. The quantitative estimate of drug-likeness (QED) is 0.564. The SMILES string of the molecule is COc1ccc(C(=O)OCC(=O)c2ccc3c(c2)[C@@H](C)C(=O)N3)c(OC)c1OC. The van der Waals surface area contributed by atoms with Gasteiger partial charge in [0.05, 0.1) is 27.2 Å². The molecule has 1 heterocycles. The monoisotopic (exact) mass is 399 g/mol. The van der Waals surface area contributed by atoms with Crippen molar-refractivity contribution in [1.82, 2.24) is 0 Å². The Kier molecular flexibility index (Phi) is 5.72. The average molecular weight is 399 g/mol. The van der Waals surface area contributed by atoms with Crippen LogP contribution in [0.15, 0.2) is 30.3 Å². The van der Waals surface area contributed by atoms with Gasteiger partial charge in [-0.15, -0.1) is 0 Å². The van der Waals surface area contributed by atoms with E-state index in [0.29, 0.717) is 17.0 Å². The van der Waals surface area contributed by atoms with Gasteiger partial charge in [-0.25, -0.2) is 4.79 Å². The van der Waals surface area contributed by atoms with Crippen molar-refractivity contribution in [1.29, 1.82) is 0 Å². The maximum Gasteiger partial charge on any atom is 0.342 e. The van der Waals surface area contributed by atoms with E-state index in [4.69, 9.17) is 18.9 Å². The predicted octanol–water partition coefficient (Wildman–Crippen LogP) is 2.81. The topological polar surface area (TPSA) is 100 Å². The molecule has 3 rings (SSSR count). The number of benzene rings is 2. The molecule has 0 fully saturated rings. The van der Waals surface area contributed by atoms with Crippen LogP contribution < -0.4 is 19.5 Å². The summed E-state index contributed by atoms with van der Waals surface area (Å²) in [5.41, 5.74) is 1.90. The van der Waals surface area contributed by atoms with E-state index in [1.54, 1.807) is 31.2 Å². The molecule has 2 aromatic rings. The second-order valence-corrected chi connectivity index (χ2v) is 6.39. The molecule has 1 N–H and O–H groups in total. The first-order chi connectivity index (χ1) is 13.9. The predicted molar refractivity (Wildman–Crippen MR) is 104 cm³/mol. The molecule has 152 valence electrons. The molecule has 0 spiro atoms. The Bertz CT molecular complexity index is 983. The number of anilines is 1. The molecule has 1 aliphatic rings. The van der Waals surface area contributed by atoms with E-state index < -0.39 is 12.6 Å². The van der Waals surface area contributed by atoms with Gasteiger partial charge in [0.2, 0.25) is 11.7 Å². The van der Waals surface area contributed by atoms with Crippen LogP contribution in [0.2, 0.25) is 0 Å². The molecule has 0 aliphatic carbocycles. The van der Waals surface area contributed by atoms with Crippen molar-refractivity contribution >= 4 is 23.3 Å². The number of nitrogens with one attached hydrogen (secondary N) is 1. The third kappa shape index (κ3) is 3.73. The molecule has 0 bridgehead atoms. The van der Waals surface area contributed by atoms with Crippen molar-refractivity contribution < 1.29 is 33.3 Å². The molecular weight excluding hydrogens is 378 g/mol. The summed E-state index contributed by atoms with van der Waals surface area (Å²) in [4.78, 5) is 36.7. The van der Waals surface area contributed by atoms with Crippen LogP contribution in [0.25, 0.3) is 0 Å². The number of fused-ring (bicyclic) bond motifs is 1. The van der Waals surface area contributed by atoms with Crippen molar-refractivity contribution in [2.75, 3.05) is 33.3 Å². The number of Topliss-reactive ketones (excluding diaryl/α,β-unsaturated/α-hetero) is 1. The standard InChI is InChI=1S/C21H21NO7/c1-11-14-9-12(5-7-15(14)22-20(11)24)16(23)10-29-21(25)13-6-8-17(26-2)19(28-4)18(13)27-3/h5-9,11H,10H2,1-4H3,(H,22,24)/t11-/m1/s1. The van der Waals surface area contributed by atoms with Crippen molar-refractivity contribution in [3.8, 4) is 17.2 Å². The summed E-state index contributed by atoms with van der Waals surface area (Å²) >= 11 is 0. The highest BCUT2D eigenvalue weighted by atomic mass is 16.5. The highest BCUT2D eigenvalue weighted by Crippen LogP contribution is 2.40. The maximum atomic E-state index is 12.5. The molecule has 2 aromatic carbocycles. The van der Waals surface area contributed by atoms with Gasteiger partial charge in [0, 0.05) is 11.3 Å². The zero-order chi connectivity index (χ0) is 21.1. The summed E-state index contributed by atoms with van der Waals surface area (Å²) in [6.07, 6.45) is 0. The smallest absolute Gasteiger partial charge is 0.342 e. The number of hydrogen-bond acceptors (Lipinski definition) is 7. The maximum absolute atomic E-state index is 12.5. The van der Waals surface area contributed by atoms with Crippen LogP contribution in [0, 0.1) is 0 Å². The summed E-state index contributed by atoms with van der Waals surface area (Å²) in [6.45, 7) is 1.31. The zero-order valence-electron chi connectivity index (χ0n) is 16.5. The Morgan fingerprint density at radius 1 is 1.00 bits per heavy atom. The van der Waals surface area contributed by atoms with Gasteiger partial charge >= 0.3 is 5.97 Å². The Balaban J connectivity index is 1.75. The van der Waals surface area contributed by atoms with Gasteiger partial charge in [-0.05, 0) is 42.8 Å². The number of ether oxygens (including phenoxy) is 4. The van der Waals surface area contributed by atoms with Crippen LogP contribution in [0.1, 0.15) is 39.1 Å². The van der Waals surface area contributed by atoms with Crippen LogP contribution in [-0.4, -0.2) is 45.6 Å². The fourth-order valence-electron chi connectivity index (χ4n) is 3.14. The average Bonchev–Trinajstić information content (AvgIpc) is 3.03. The van der Waals surface area contributed by atoms with E-state index in [9.17, 15) is 14.4 Å². The number of carbonyl (C=O) groups excluding carboxylic acids is 3. The van der Waals surface area contributed by atoms with Crippen molar-refractivity contribution in [2.45, 2.75) is 12.8 Å². The molecule has 1 amide bonds. The van der Waals surface area contributed by atoms with E-state index in [1.807, 2.05) is 0 Å². The van der Waals surface area contributed by atoms with E-state index in [0.717, 1.165) is 5.56 Å². The number of amides is 1. The lowest BCUT2D eigenvalue weighted by molar-refractivity contribution is -0.116. The molecule has 29 heavy (non-hydrogen) atoms. The lowest BCUT2D eigenvalue weighted by Crippen LogP contribution is -2.15. The fourth-order valence-corrected chi connectivity index (χ4v) is 3.14. The fraction of sp³-hybridized carbons (Fsp3) is 0.286. The summed E-state index contributed by atoms with van der Waals surface area (Å²) in [5, 5.41) is 2.75. The molecule has 8 heteroatoms. The number of rotatable bonds is 7. The van der Waals surface area contributed by atoms with Crippen molar-refractivity contribution in [3.05, 3.63) is 47.0 Å². The van der Waals surface area contributed by atoms with Gasteiger partial charge < -0.3 is 24.3 Å². The number of ketones is 1. The molecule has 0 unspecified atom stereocenters. The third-order valence-corrected chi connectivity index (χ3v) is 4.75. The first kappa shape index (κ1) is 20.2. The van der Waals surface area contributed by atoms with E-state index in [2.05, 4.69) is 5.32 Å². The number of methoxy groups -OCH3 is 3. The van der Waals surface area contributed by atoms with Crippen LogP contribution in [-0.2, 0) is 9.53 Å². The zero-order valence-corrected chi connectivity index (χ0v) is 16.5. The minimum atomic E-state index is -0.734. The van der Waals surface area contributed by atoms with Gasteiger partial charge in [-0.2, -0.15) is 0 Å². The van der Waals surface area contributed by atoms with Crippen LogP contribution in [0.4, 0.5) is 5.69 Å². The van der Waals surface area contributed by atoms with E-state index in [-0.39, 0.29) is 34.7 Å². The summed E-state index contributed by atoms with van der Waals surface area (Å²) < 4.78 is 20.9. The van der Waals surface area contributed by atoms with Crippen LogP contribution >= 0.6 is 0 Å². The summed E-state index contributed by atoms with van der Waals surface area (Å²) in [6, 6.07) is 7.92. The van der Waals surface area contributed by atoms with Crippen LogP contribution in [0.3, 0.4) is 0 Å². The summed E-state index contributed by atoms with van der Waals surface area (Å²) in [5.74, 6) is -0.768. The second kappa shape index (κ2) is 8.22. The van der Waals surface area contributed by atoms with Gasteiger partial charge in [0.25, 0.3) is 0 Å². The number of hydrogen-bond donors (Lipinski definition) is 1. The molecule has 0 radical (unpaired) electrons. The van der Waals surface area contributed by atoms with Gasteiger partial charge in [-0.1, -0.05) is 0 Å². The number of esters is 1. The largest absolute Gasteiger partial charge is 0.493 e. The van der Waals surface area contributed by atoms with Gasteiger partial charge in [0.15, 0.2) is 23.9 Å². The van der Waals surface area contributed by atoms with Crippen molar-refractivity contribution in [3.63, 3.8) is 0 Å². The highest BCUT2D eigenvalue weighted by molar-refractivity contribution is 6.05. The molecule has 0 saturated heterocycles.